The average Bonchev–Trinajstić information content (AvgIpc) is 3.49. The fourth-order valence-electron chi connectivity index (χ4n) is 6.07. The molecule has 8 heteroatoms. The Labute approximate surface area is 178 Å². The van der Waals surface area contributed by atoms with Crippen LogP contribution in [0.1, 0.15) is 57.8 Å². The van der Waals surface area contributed by atoms with E-state index in [4.69, 9.17) is 0 Å². The van der Waals surface area contributed by atoms with E-state index >= 15 is 0 Å². The van der Waals surface area contributed by atoms with Gasteiger partial charge in [0.05, 0.1) is 25.2 Å². The van der Waals surface area contributed by atoms with Gasteiger partial charge in [-0.1, -0.05) is 0 Å². The molecule has 0 spiro atoms. The van der Waals surface area contributed by atoms with Crippen molar-refractivity contribution in [1.82, 2.24) is 20.4 Å². The predicted octanol–water partition coefficient (Wildman–Crippen LogP) is 0.896. The van der Waals surface area contributed by atoms with Crippen molar-refractivity contribution >= 4 is 11.8 Å². The predicted molar refractivity (Wildman–Crippen MR) is 110 cm³/mol. The molecule has 2 saturated carbocycles. The third-order valence-corrected chi connectivity index (χ3v) is 7.57. The van der Waals surface area contributed by atoms with Crippen LogP contribution in [0.25, 0.3) is 0 Å². The number of likely N-dealkylation sites (tertiary alicyclic amines) is 2. The van der Waals surface area contributed by atoms with Gasteiger partial charge in [0.2, 0.25) is 11.8 Å². The van der Waals surface area contributed by atoms with Gasteiger partial charge in [-0.2, -0.15) is 10.5 Å². The minimum Gasteiger partial charge on any atom is -0.326 e. The zero-order chi connectivity index (χ0) is 21.1. The van der Waals surface area contributed by atoms with E-state index in [2.05, 4.69) is 22.8 Å². The first kappa shape index (κ1) is 21.1. The number of fused-ring (bicyclic) bond motifs is 2. The van der Waals surface area contributed by atoms with E-state index in [0.29, 0.717) is 19.0 Å². The first-order chi connectivity index (χ1) is 14.5. The summed E-state index contributed by atoms with van der Waals surface area (Å²) in [6.45, 7) is 1.93. The number of nitrogens with one attached hydrogen (secondary N) is 2. The Morgan fingerprint density at radius 2 is 1.57 bits per heavy atom. The van der Waals surface area contributed by atoms with Gasteiger partial charge in [-0.05, 0) is 63.7 Å². The summed E-state index contributed by atoms with van der Waals surface area (Å²) in [5.74, 6) is 0.663. The topological polar surface area (TPSA) is 112 Å². The normalized spacial score (nSPS) is 35.3. The first-order valence-corrected chi connectivity index (χ1v) is 11.4. The summed E-state index contributed by atoms with van der Waals surface area (Å²) in [7, 11) is 0. The summed E-state index contributed by atoms with van der Waals surface area (Å²) in [5, 5.41) is 25.4. The van der Waals surface area contributed by atoms with E-state index in [-0.39, 0.29) is 48.6 Å². The Hall–Kier alpha value is -2.16. The van der Waals surface area contributed by atoms with Crippen LogP contribution >= 0.6 is 0 Å². The average molecular weight is 413 g/mol. The Bertz CT molecular complexity index is 758. The third kappa shape index (κ3) is 4.31. The summed E-state index contributed by atoms with van der Waals surface area (Å²) < 4.78 is 0. The third-order valence-electron chi connectivity index (χ3n) is 7.57. The van der Waals surface area contributed by atoms with Crippen LogP contribution in [0.15, 0.2) is 0 Å². The molecule has 30 heavy (non-hydrogen) atoms. The first-order valence-electron chi connectivity index (χ1n) is 11.4. The van der Waals surface area contributed by atoms with Crippen molar-refractivity contribution in [2.75, 3.05) is 26.2 Å². The zero-order valence-corrected chi connectivity index (χ0v) is 17.6. The highest BCUT2D eigenvalue weighted by Gasteiger charge is 2.46. The number of rotatable bonds is 6. The highest BCUT2D eigenvalue weighted by atomic mass is 16.2. The van der Waals surface area contributed by atoms with Crippen LogP contribution in [-0.4, -0.2) is 71.5 Å². The van der Waals surface area contributed by atoms with Crippen molar-refractivity contribution in [1.29, 1.82) is 10.5 Å². The van der Waals surface area contributed by atoms with Crippen molar-refractivity contribution in [3.05, 3.63) is 0 Å². The minimum absolute atomic E-state index is 0.0192. The van der Waals surface area contributed by atoms with Gasteiger partial charge in [-0.15, -0.1) is 0 Å². The van der Waals surface area contributed by atoms with Crippen molar-refractivity contribution in [3.63, 3.8) is 0 Å². The highest BCUT2D eigenvalue weighted by Crippen LogP contribution is 2.45. The molecule has 162 valence electrons. The lowest BCUT2D eigenvalue weighted by Crippen LogP contribution is -2.55. The minimum atomic E-state index is -0.275. The maximum atomic E-state index is 12.7. The molecule has 2 aliphatic heterocycles. The molecule has 0 aromatic heterocycles. The molecular weight excluding hydrogens is 380 g/mol. The van der Waals surface area contributed by atoms with Crippen molar-refractivity contribution < 1.29 is 9.59 Å². The van der Waals surface area contributed by atoms with Crippen LogP contribution in [0.5, 0.6) is 0 Å². The van der Waals surface area contributed by atoms with Crippen LogP contribution in [-0.2, 0) is 9.59 Å². The van der Waals surface area contributed by atoms with E-state index in [1.807, 2.05) is 0 Å². The molecule has 3 unspecified atom stereocenters. The second kappa shape index (κ2) is 8.91. The number of carbonyl (C=O) groups is 2. The number of carbonyl (C=O) groups excluding carboxylic acids is 2. The molecule has 4 rings (SSSR count). The summed E-state index contributed by atoms with van der Waals surface area (Å²) in [4.78, 5) is 28.6. The summed E-state index contributed by atoms with van der Waals surface area (Å²) in [6.07, 6.45) is 8.62. The standard InChI is InChI=1S/C22H32N6O2/c23-12-18-3-1-7-27(18)20(29)14-25-17-9-16-5-6-22(10-16,11-17)26-15-21(30)28-8-2-4-19(28)13-24/h16-19,25-26H,1-11,14-15H2/t16?,17?,18-,19?,22-/m0/s1. The second-order valence-corrected chi connectivity index (χ2v) is 9.51. The monoisotopic (exact) mass is 412 g/mol. The highest BCUT2D eigenvalue weighted by molar-refractivity contribution is 5.79. The van der Waals surface area contributed by atoms with Crippen LogP contribution in [0.4, 0.5) is 0 Å². The smallest absolute Gasteiger partial charge is 0.237 e. The molecule has 8 nitrogen and oxygen atoms in total. The van der Waals surface area contributed by atoms with E-state index in [1.165, 1.54) is 0 Å². The van der Waals surface area contributed by atoms with Gasteiger partial charge in [0, 0.05) is 24.7 Å². The lowest BCUT2D eigenvalue weighted by atomic mass is 9.79. The number of hydrogen-bond donors (Lipinski definition) is 2. The molecule has 2 saturated heterocycles. The number of hydrogen-bond acceptors (Lipinski definition) is 6. The lowest BCUT2D eigenvalue weighted by molar-refractivity contribution is -0.131. The molecule has 2 bridgehead atoms. The number of nitriles is 2. The summed E-state index contributed by atoms with van der Waals surface area (Å²) in [6, 6.07) is 4.17. The van der Waals surface area contributed by atoms with Crippen molar-refractivity contribution in [2.45, 2.75) is 81.5 Å². The fourth-order valence-corrected chi connectivity index (χ4v) is 6.07. The lowest BCUT2D eigenvalue weighted by Gasteiger charge is -2.39. The van der Waals surface area contributed by atoms with Crippen LogP contribution < -0.4 is 10.6 Å². The molecule has 2 N–H and O–H groups in total. The zero-order valence-electron chi connectivity index (χ0n) is 17.6. The van der Waals surface area contributed by atoms with Crippen LogP contribution in [0, 0.1) is 28.6 Å². The summed E-state index contributed by atoms with van der Waals surface area (Å²) in [5.41, 5.74) is -0.0516. The van der Waals surface area contributed by atoms with Crippen molar-refractivity contribution in [3.8, 4) is 12.1 Å². The molecule has 2 amide bonds. The van der Waals surface area contributed by atoms with E-state index in [1.54, 1.807) is 9.80 Å². The van der Waals surface area contributed by atoms with Gasteiger partial charge in [-0.3, -0.25) is 9.59 Å². The Balaban J connectivity index is 1.29. The number of nitrogens with zero attached hydrogens (tertiary/aromatic N) is 4. The molecule has 0 radical (unpaired) electrons. The van der Waals surface area contributed by atoms with Gasteiger partial charge in [0.25, 0.3) is 0 Å². The van der Waals surface area contributed by atoms with Crippen LogP contribution in [0.3, 0.4) is 0 Å². The quantitative estimate of drug-likeness (QED) is 0.670. The molecular formula is C22H32N6O2. The summed E-state index contributed by atoms with van der Waals surface area (Å²) >= 11 is 0. The molecule has 0 aromatic carbocycles. The second-order valence-electron chi connectivity index (χ2n) is 9.51. The molecule has 2 aliphatic carbocycles. The molecule has 4 aliphatic rings. The van der Waals surface area contributed by atoms with E-state index in [9.17, 15) is 20.1 Å². The molecule has 5 atom stereocenters. The van der Waals surface area contributed by atoms with Crippen LogP contribution in [0.2, 0.25) is 0 Å². The molecule has 4 fully saturated rings. The maximum absolute atomic E-state index is 12.7. The van der Waals surface area contributed by atoms with Gasteiger partial charge in [-0.25, -0.2) is 0 Å². The van der Waals surface area contributed by atoms with Gasteiger partial charge < -0.3 is 20.4 Å². The number of amides is 2. The Kier molecular flexibility index (Phi) is 6.26. The SMILES string of the molecule is N#CC1CCCN1C(=O)CN[C@]12CCC(CC(NCC(=O)N3CCC[C@H]3C#N)C1)C2. The van der Waals surface area contributed by atoms with E-state index in [0.717, 1.165) is 57.8 Å². The van der Waals surface area contributed by atoms with E-state index < -0.39 is 0 Å². The van der Waals surface area contributed by atoms with Gasteiger partial charge in [0.15, 0.2) is 0 Å². The maximum Gasteiger partial charge on any atom is 0.237 e. The largest absolute Gasteiger partial charge is 0.326 e. The van der Waals surface area contributed by atoms with Gasteiger partial charge in [0.1, 0.15) is 12.1 Å². The Morgan fingerprint density at radius 1 is 0.933 bits per heavy atom. The van der Waals surface area contributed by atoms with Gasteiger partial charge >= 0.3 is 0 Å². The fraction of sp³-hybridized carbons (Fsp3) is 0.818. The van der Waals surface area contributed by atoms with Crippen molar-refractivity contribution in [2.24, 2.45) is 5.92 Å². The Morgan fingerprint density at radius 3 is 2.20 bits per heavy atom. The molecule has 2 heterocycles. The molecule has 0 aromatic rings.